The van der Waals surface area contributed by atoms with Crippen LogP contribution in [-0.2, 0) is 0 Å². The number of Topliss-reactive ketones (excluding diaryl/α,β-unsaturated/α-hetero) is 1. The van der Waals surface area contributed by atoms with Crippen molar-refractivity contribution < 1.29 is 14.3 Å². The Morgan fingerprint density at radius 2 is 1.69 bits per heavy atom. The first-order valence-electron chi connectivity index (χ1n) is 9.16. The summed E-state index contributed by atoms with van der Waals surface area (Å²) in [5, 5.41) is 0. The van der Waals surface area contributed by atoms with Crippen LogP contribution in [0.3, 0.4) is 0 Å². The van der Waals surface area contributed by atoms with Crippen LogP contribution in [0.25, 0.3) is 0 Å². The van der Waals surface area contributed by atoms with Crippen LogP contribution in [0.2, 0.25) is 0 Å². The number of nitrogens with zero attached hydrogens (tertiary/aromatic N) is 2. The molecule has 1 fully saturated rings. The van der Waals surface area contributed by atoms with Gasteiger partial charge >= 0.3 is 0 Å². The molecule has 0 bridgehead atoms. The highest BCUT2D eigenvalue weighted by atomic mass is 16.6. The zero-order valence-electron chi connectivity index (χ0n) is 15.1. The van der Waals surface area contributed by atoms with E-state index in [-0.39, 0.29) is 5.78 Å². The zero-order valence-corrected chi connectivity index (χ0v) is 15.1. The largest absolute Gasteiger partial charge is 0.486 e. The molecule has 2 aliphatic rings. The number of ketones is 1. The highest BCUT2D eigenvalue weighted by Crippen LogP contribution is 2.31. The van der Waals surface area contributed by atoms with Crippen LogP contribution in [-0.4, -0.2) is 56.6 Å². The van der Waals surface area contributed by atoms with Crippen LogP contribution in [0, 0.1) is 6.92 Å². The fourth-order valence-corrected chi connectivity index (χ4v) is 3.58. The summed E-state index contributed by atoms with van der Waals surface area (Å²) >= 11 is 0. The predicted molar refractivity (Wildman–Crippen MR) is 102 cm³/mol. The van der Waals surface area contributed by atoms with Gasteiger partial charge in [0.05, 0.1) is 6.54 Å². The molecular formula is C21H24N2O3. The molecule has 0 atom stereocenters. The molecule has 26 heavy (non-hydrogen) atoms. The standard InChI is InChI=1S/C21H24N2O3/c1-16-4-2-3-5-18(16)23-10-8-22(9-11-23)15-19(24)17-6-7-20-21(14-17)26-13-12-25-20/h2-7,14H,8-13,15H2,1H3. The minimum Gasteiger partial charge on any atom is -0.486 e. The first-order chi connectivity index (χ1) is 12.7. The van der Waals surface area contributed by atoms with Gasteiger partial charge in [-0.05, 0) is 36.8 Å². The third-order valence-corrected chi connectivity index (χ3v) is 5.06. The van der Waals surface area contributed by atoms with Gasteiger partial charge in [-0.2, -0.15) is 0 Å². The first kappa shape index (κ1) is 16.9. The van der Waals surface area contributed by atoms with Gasteiger partial charge in [-0.3, -0.25) is 9.69 Å². The summed E-state index contributed by atoms with van der Waals surface area (Å²) in [6.07, 6.45) is 0. The van der Waals surface area contributed by atoms with Gasteiger partial charge in [0.2, 0.25) is 0 Å². The number of para-hydroxylation sites is 1. The van der Waals surface area contributed by atoms with Crippen molar-refractivity contribution in [3.63, 3.8) is 0 Å². The van der Waals surface area contributed by atoms with Gasteiger partial charge in [0.1, 0.15) is 13.2 Å². The van der Waals surface area contributed by atoms with Crippen LogP contribution in [0.15, 0.2) is 42.5 Å². The number of anilines is 1. The highest BCUT2D eigenvalue weighted by Gasteiger charge is 2.21. The van der Waals surface area contributed by atoms with Crippen molar-refractivity contribution in [1.29, 1.82) is 0 Å². The lowest BCUT2D eigenvalue weighted by Crippen LogP contribution is -2.48. The number of hydrogen-bond donors (Lipinski definition) is 0. The average molecular weight is 352 g/mol. The Morgan fingerprint density at radius 3 is 2.46 bits per heavy atom. The normalized spacial score (nSPS) is 17.2. The summed E-state index contributed by atoms with van der Waals surface area (Å²) in [5.41, 5.74) is 3.29. The lowest BCUT2D eigenvalue weighted by Gasteiger charge is -2.36. The van der Waals surface area contributed by atoms with Crippen LogP contribution < -0.4 is 14.4 Å². The molecule has 0 amide bonds. The van der Waals surface area contributed by atoms with Crippen molar-refractivity contribution in [1.82, 2.24) is 4.90 Å². The van der Waals surface area contributed by atoms with E-state index in [0.29, 0.717) is 31.1 Å². The highest BCUT2D eigenvalue weighted by molar-refractivity contribution is 5.98. The summed E-state index contributed by atoms with van der Waals surface area (Å²) in [7, 11) is 0. The Kier molecular flexibility index (Phi) is 4.80. The van der Waals surface area contributed by atoms with Gasteiger partial charge in [0.15, 0.2) is 17.3 Å². The number of benzene rings is 2. The van der Waals surface area contributed by atoms with Crippen LogP contribution >= 0.6 is 0 Å². The Hall–Kier alpha value is -2.53. The molecule has 0 spiro atoms. The molecule has 136 valence electrons. The molecule has 0 N–H and O–H groups in total. The topological polar surface area (TPSA) is 42.0 Å². The molecule has 0 radical (unpaired) electrons. The second kappa shape index (κ2) is 7.38. The van der Waals surface area contributed by atoms with E-state index in [1.54, 1.807) is 6.07 Å². The minimum atomic E-state index is 0.131. The number of ether oxygens (including phenoxy) is 2. The third kappa shape index (κ3) is 3.53. The van der Waals surface area contributed by atoms with E-state index in [9.17, 15) is 4.79 Å². The molecule has 0 saturated carbocycles. The lowest BCUT2D eigenvalue weighted by molar-refractivity contribution is 0.0925. The fourth-order valence-electron chi connectivity index (χ4n) is 3.58. The van der Waals surface area contributed by atoms with Gasteiger partial charge in [0.25, 0.3) is 0 Å². The number of carbonyl (C=O) groups is 1. The van der Waals surface area contributed by atoms with Gasteiger partial charge < -0.3 is 14.4 Å². The smallest absolute Gasteiger partial charge is 0.176 e. The summed E-state index contributed by atoms with van der Waals surface area (Å²) in [5.74, 6) is 1.53. The Balaban J connectivity index is 1.35. The van der Waals surface area contributed by atoms with E-state index in [1.165, 1.54) is 11.3 Å². The van der Waals surface area contributed by atoms with Gasteiger partial charge in [-0.1, -0.05) is 18.2 Å². The third-order valence-electron chi connectivity index (χ3n) is 5.06. The predicted octanol–water partition coefficient (Wildman–Crippen LogP) is 2.77. The summed E-state index contributed by atoms with van der Waals surface area (Å²) in [6.45, 7) is 7.36. The quantitative estimate of drug-likeness (QED) is 0.792. The van der Waals surface area contributed by atoms with Crippen molar-refractivity contribution in [2.75, 3.05) is 50.8 Å². The van der Waals surface area contributed by atoms with Crippen LogP contribution in [0.4, 0.5) is 5.69 Å². The van der Waals surface area contributed by atoms with Crippen molar-refractivity contribution >= 4 is 11.5 Å². The zero-order chi connectivity index (χ0) is 17.9. The molecule has 2 aliphatic heterocycles. The summed E-state index contributed by atoms with van der Waals surface area (Å²) < 4.78 is 11.1. The molecule has 0 aliphatic carbocycles. The number of carbonyl (C=O) groups excluding carboxylic acids is 1. The van der Waals surface area contributed by atoms with Crippen molar-refractivity contribution in [2.45, 2.75) is 6.92 Å². The van der Waals surface area contributed by atoms with E-state index in [0.717, 1.165) is 31.9 Å². The number of fused-ring (bicyclic) bond motifs is 1. The first-order valence-corrected chi connectivity index (χ1v) is 9.16. The Morgan fingerprint density at radius 1 is 0.962 bits per heavy atom. The number of hydrogen-bond acceptors (Lipinski definition) is 5. The van der Waals surface area contributed by atoms with E-state index in [2.05, 4.69) is 41.0 Å². The number of aryl methyl sites for hydroxylation is 1. The molecule has 5 heteroatoms. The monoisotopic (exact) mass is 352 g/mol. The van der Waals surface area contributed by atoms with Gasteiger partial charge in [-0.15, -0.1) is 0 Å². The molecule has 2 aromatic carbocycles. The molecule has 2 heterocycles. The number of rotatable bonds is 4. The summed E-state index contributed by atoms with van der Waals surface area (Å²) in [4.78, 5) is 17.3. The van der Waals surface area contributed by atoms with Crippen LogP contribution in [0.1, 0.15) is 15.9 Å². The van der Waals surface area contributed by atoms with E-state index >= 15 is 0 Å². The van der Waals surface area contributed by atoms with Crippen molar-refractivity contribution in [2.24, 2.45) is 0 Å². The Bertz CT molecular complexity index is 798. The second-order valence-corrected chi connectivity index (χ2v) is 6.83. The summed E-state index contributed by atoms with van der Waals surface area (Å²) in [6, 6.07) is 13.9. The molecule has 0 aromatic heterocycles. The van der Waals surface area contributed by atoms with Crippen molar-refractivity contribution in [3.05, 3.63) is 53.6 Å². The maximum Gasteiger partial charge on any atom is 0.176 e. The molecule has 0 unspecified atom stereocenters. The fraction of sp³-hybridized carbons (Fsp3) is 0.381. The maximum atomic E-state index is 12.7. The molecule has 2 aromatic rings. The minimum absolute atomic E-state index is 0.131. The Labute approximate surface area is 154 Å². The van der Waals surface area contributed by atoms with E-state index in [4.69, 9.17) is 9.47 Å². The number of piperazine rings is 1. The second-order valence-electron chi connectivity index (χ2n) is 6.83. The van der Waals surface area contributed by atoms with E-state index in [1.807, 2.05) is 12.1 Å². The molecule has 5 nitrogen and oxygen atoms in total. The molecular weight excluding hydrogens is 328 g/mol. The van der Waals surface area contributed by atoms with Gasteiger partial charge in [-0.25, -0.2) is 0 Å². The molecule has 4 rings (SSSR count). The average Bonchev–Trinajstić information content (AvgIpc) is 2.69. The maximum absolute atomic E-state index is 12.7. The van der Waals surface area contributed by atoms with Gasteiger partial charge in [0, 0.05) is 37.4 Å². The van der Waals surface area contributed by atoms with Crippen LogP contribution in [0.5, 0.6) is 11.5 Å². The SMILES string of the molecule is Cc1ccccc1N1CCN(CC(=O)c2ccc3c(c2)OCCO3)CC1. The van der Waals surface area contributed by atoms with Crippen molar-refractivity contribution in [3.8, 4) is 11.5 Å². The molecule has 1 saturated heterocycles. The lowest BCUT2D eigenvalue weighted by atomic mass is 10.1. The van der Waals surface area contributed by atoms with E-state index < -0.39 is 0 Å².